The van der Waals surface area contributed by atoms with Crippen molar-refractivity contribution in [1.29, 1.82) is 0 Å². The zero-order valence-corrected chi connectivity index (χ0v) is 10.1. The van der Waals surface area contributed by atoms with Crippen molar-refractivity contribution in [2.75, 3.05) is 5.33 Å². The highest BCUT2D eigenvalue weighted by Crippen LogP contribution is 2.26. The van der Waals surface area contributed by atoms with Gasteiger partial charge in [0.1, 0.15) is 11.3 Å². The summed E-state index contributed by atoms with van der Waals surface area (Å²) < 4.78 is 0. The third-order valence-electron chi connectivity index (χ3n) is 1.67. The van der Waals surface area contributed by atoms with Gasteiger partial charge in [0.15, 0.2) is 0 Å². The number of hydrogen-bond donors (Lipinski definition) is 2. The van der Waals surface area contributed by atoms with Gasteiger partial charge in [-0.1, -0.05) is 39.1 Å². The number of halogens is 3. The minimum Gasteiger partial charge on any atom is -0.389 e. The smallest absolute Gasteiger partial charge is 0.135 e. The first-order valence-electron chi connectivity index (χ1n) is 3.79. The molecule has 78 valence electrons. The fourth-order valence-electron chi connectivity index (χ4n) is 0.937. The van der Waals surface area contributed by atoms with E-state index in [4.69, 9.17) is 23.2 Å². The van der Waals surface area contributed by atoms with Gasteiger partial charge in [-0.3, -0.25) is 0 Å². The standard InChI is InChI=1S/C8H8BrCl2NO2/c9-2-6(13)7(14)5-1-4(10)3-12-8(5)11/h1,3,6-7,13-14H,2H2. The van der Waals surface area contributed by atoms with E-state index < -0.39 is 12.2 Å². The Morgan fingerprint density at radius 3 is 2.64 bits per heavy atom. The summed E-state index contributed by atoms with van der Waals surface area (Å²) in [7, 11) is 0. The molecule has 14 heavy (non-hydrogen) atoms. The van der Waals surface area contributed by atoms with Crippen LogP contribution in [-0.4, -0.2) is 26.6 Å². The lowest BCUT2D eigenvalue weighted by Gasteiger charge is -2.16. The number of rotatable bonds is 3. The van der Waals surface area contributed by atoms with Gasteiger partial charge in [-0.05, 0) is 6.07 Å². The number of aliphatic hydroxyl groups is 2. The molecule has 1 rings (SSSR count). The molecule has 6 heteroatoms. The van der Waals surface area contributed by atoms with Crippen LogP contribution >= 0.6 is 39.1 Å². The maximum Gasteiger partial charge on any atom is 0.135 e. The van der Waals surface area contributed by atoms with Crippen LogP contribution in [0.2, 0.25) is 10.2 Å². The molecule has 0 aliphatic carbocycles. The summed E-state index contributed by atoms with van der Waals surface area (Å²) in [6.07, 6.45) is -0.651. The van der Waals surface area contributed by atoms with Crippen LogP contribution in [0.4, 0.5) is 0 Å². The number of hydrogen-bond acceptors (Lipinski definition) is 3. The molecule has 1 heterocycles. The first-order valence-corrected chi connectivity index (χ1v) is 5.67. The molecule has 0 aromatic carbocycles. The summed E-state index contributed by atoms with van der Waals surface area (Å²) in [6, 6.07) is 1.48. The number of pyridine rings is 1. The van der Waals surface area contributed by atoms with Crippen LogP contribution in [0.15, 0.2) is 12.3 Å². The van der Waals surface area contributed by atoms with Gasteiger partial charge >= 0.3 is 0 Å². The van der Waals surface area contributed by atoms with Gasteiger partial charge in [0, 0.05) is 17.1 Å². The van der Waals surface area contributed by atoms with E-state index in [0.717, 1.165) is 0 Å². The highest BCUT2D eigenvalue weighted by atomic mass is 79.9. The molecule has 0 aliphatic heterocycles. The molecular formula is C8H8BrCl2NO2. The van der Waals surface area contributed by atoms with E-state index in [-0.39, 0.29) is 10.5 Å². The molecule has 1 aromatic rings. The molecule has 0 saturated carbocycles. The molecule has 2 unspecified atom stereocenters. The highest BCUT2D eigenvalue weighted by molar-refractivity contribution is 9.09. The first-order chi connectivity index (χ1) is 6.56. The van der Waals surface area contributed by atoms with Crippen molar-refractivity contribution in [2.24, 2.45) is 0 Å². The number of aromatic nitrogens is 1. The number of aliphatic hydroxyl groups excluding tert-OH is 2. The lowest BCUT2D eigenvalue weighted by atomic mass is 10.1. The van der Waals surface area contributed by atoms with Crippen LogP contribution in [0.25, 0.3) is 0 Å². The molecule has 0 spiro atoms. The summed E-state index contributed by atoms with van der Waals surface area (Å²) >= 11 is 14.5. The van der Waals surface area contributed by atoms with Gasteiger partial charge in [0.25, 0.3) is 0 Å². The van der Waals surface area contributed by atoms with E-state index in [1.54, 1.807) is 0 Å². The van der Waals surface area contributed by atoms with Crippen molar-refractivity contribution in [3.8, 4) is 0 Å². The summed E-state index contributed by atoms with van der Waals surface area (Å²) in [5.74, 6) is 0. The third-order valence-corrected chi connectivity index (χ3v) is 2.86. The molecule has 2 N–H and O–H groups in total. The maximum atomic E-state index is 9.63. The second-order valence-electron chi connectivity index (χ2n) is 2.70. The average Bonchev–Trinajstić information content (AvgIpc) is 2.19. The molecule has 0 amide bonds. The maximum absolute atomic E-state index is 9.63. The van der Waals surface area contributed by atoms with Crippen molar-refractivity contribution in [3.05, 3.63) is 28.0 Å². The van der Waals surface area contributed by atoms with Crippen LogP contribution in [0.5, 0.6) is 0 Å². The van der Waals surface area contributed by atoms with Crippen molar-refractivity contribution in [2.45, 2.75) is 12.2 Å². The Morgan fingerprint density at radius 2 is 2.07 bits per heavy atom. The van der Waals surface area contributed by atoms with Crippen LogP contribution in [0.3, 0.4) is 0 Å². The van der Waals surface area contributed by atoms with Crippen molar-refractivity contribution in [3.63, 3.8) is 0 Å². The van der Waals surface area contributed by atoms with E-state index >= 15 is 0 Å². The van der Waals surface area contributed by atoms with Gasteiger partial charge < -0.3 is 10.2 Å². The second kappa shape index (κ2) is 5.28. The Kier molecular flexibility index (Phi) is 4.60. The zero-order chi connectivity index (χ0) is 10.7. The van der Waals surface area contributed by atoms with Gasteiger partial charge in [-0.25, -0.2) is 4.98 Å². The number of alkyl halides is 1. The molecular weight excluding hydrogens is 293 g/mol. The molecule has 1 aromatic heterocycles. The van der Waals surface area contributed by atoms with Crippen LogP contribution in [0.1, 0.15) is 11.7 Å². The third kappa shape index (κ3) is 2.81. The normalized spacial score (nSPS) is 15.2. The lowest BCUT2D eigenvalue weighted by Crippen LogP contribution is -2.20. The monoisotopic (exact) mass is 299 g/mol. The molecule has 2 atom stereocenters. The quantitative estimate of drug-likeness (QED) is 0.664. The molecule has 0 radical (unpaired) electrons. The Labute approximate surface area is 99.8 Å². The van der Waals surface area contributed by atoms with Gasteiger partial charge in [-0.2, -0.15) is 0 Å². The Hall–Kier alpha value is 0.130. The van der Waals surface area contributed by atoms with Crippen molar-refractivity contribution in [1.82, 2.24) is 4.98 Å². The van der Waals surface area contributed by atoms with Gasteiger partial charge in [0.05, 0.1) is 11.1 Å². The number of nitrogens with zero attached hydrogens (tertiary/aromatic N) is 1. The Morgan fingerprint density at radius 1 is 1.43 bits per heavy atom. The Balaban J connectivity index is 2.99. The SMILES string of the molecule is OC(CBr)C(O)c1cc(Cl)cnc1Cl. The van der Waals surface area contributed by atoms with E-state index in [2.05, 4.69) is 20.9 Å². The topological polar surface area (TPSA) is 53.4 Å². The van der Waals surface area contributed by atoms with Gasteiger partial charge in [0.2, 0.25) is 0 Å². The van der Waals surface area contributed by atoms with E-state index in [0.29, 0.717) is 10.6 Å². The van der Waals surface area contributed by atoms with Gasteiger partial charge in [-0.15, -0.1) is 0 Å². The highest BCUT2D eigenvalue weighted by Gasteiger charge is 2.20. The van der Waals surface area contributed by atoms with Crippen LogP contribution < -0.4 is 0 Å². The second-order valence-corrected chi connectivity index (χ2v) is 4.14. The summed E-state index contributed by atoms with van der Waals surface area (Å²) in [6.45, 7) is 0. The van der Waals surface area contributed by atoms with E-state index in [9.17, 15) is 10.2 Å². The predicted molar refractivity (Wildman–Crippen MR) is 59.0 cm³/mol. The molecule has 3 nitrogen and oxygen atoms in total. The zero-order valence-electron chi connectivity index (χ0n) is 6.99. The minimum absolute atomic E-state index is 0.141. The van der Waals surface area contributed by atoms with E-state index in [1.165, 1.54) is 12.3 Å². The Bertz CT molecular complexity index is 324. The molecule has 0 saturated heterocycles. The van der Waals surface area contributed by atoms with E-state index in [1.807, 2.05) is 0 Å². The largest absolute Gasteiger partial charge is 0.389 e. The first kappa shape index (κ1) is 12.2. The van der Waals surface area contributed by atoms with Crippen LogP contribution in [-0.2, 0) is 0 Å². The van der Waals surface area contributed by atoms with Crippen LogP contribution in [0, 0.1) is 0 Å². The van der Waals surface area contributed by atoms with Crippen molar-refractivity contribution < 1.29 is 10.2 Å². The summed E-state index contributed by atoms with van der Waals surface area (Å²) in [4.78, 5) is 3.76. The molecule has 0 fully saturated rings. The summed E-state index contributed by atoms with van der Waals surface area (Å²) in [5, 5.41) is 19.8. The van der Waals surface area contributed by atoms with Crippen molar-refractivity contribution >= 4 is 39.1 Å². The average molecular weight is 301 g/mol. The lowest BCUT2D eigenvalue weighted by molar-refractivity contribution is 0.0341. The summed E-state index contributed by atoms with van der Waals surface area (Å²) in [5.41, 5.74) is 0.325. The molecule has 0 aliphatic rings. The fourth-order valence-corrected chi connectivity index (χ4v) is 1.67. The fraction of sp³-hybridized carbons (Fsp3) is 0.375. The predicted octanol–water partition coefficient (Wildman–Crippen LogP) is 2.18. The minimum atomic E-state index is -1.09. The molecule has 0 bridgehead atoms.